The predicted octanol–water partition coefficient (Wildman–Crippen LogP) is 3.09. The Morgan fingerprint density at radius 3 is 2.35 bits per heavy atom. The molecule has 0 bridgehead atoms. The summed E-state index contributed by atoms with van der Waals surface area (Å²) in [6.07, 6.45) is 10.2. The Morgan fingerprint density at radius 1 is 1.06 bits per heavy atom. The van der Waals surface area contributed by atoms with E-state index in [1.807, 2.05) is 0 Å². The van der Waals surface area contributed by atoms with Crippen molar-refractivity contribution in [2.75, 3.05) is 6.61 Å². The highest BCUT2D eigenvalue weighted by atomic mass is 16.3. The average molecular weight is 242 g/mol. The Hall–Kier alpha value is -0.800. The smallest absolute Gasteiger partial charge is 0.0922 e. The van der Waals surface area contributed by atoms with Gasteiger partial charge in [-0.25, -0.2) is 0 Å². The van der Waals surface area contributed by atoms with E-state index in [2.05, 4.69) is 6.58 Å². The van der Waals surface area contributed by atoms with Crippen LogP contribution in [-0.4, -0.2) is 28.0 Å². The van der Waals surface area contributed by atoms with Gasteiger partial charge in [0.15, 0.2) is 0 Å². The summed E-state index contributed by atoms with van der Waals surface area (Å²) in [4.78, 5) is 0. The van der Waals surface area contributed by atoms with Gasteiger partial charge in [-0.1, -0.05) is 38.3 Å². The number of unbranched alkanes of at least 4 members (excludes halogenated alkanes) is 4. The summed E-state index contributed by atoms with van der Waals surface area (Å²) in [5, 5.41) is 27.3. The maximum absolute atomic E-state index is 9.37. The third kappa shape index (κ3) is 11.5. The first-order valence-corrected chi connectivity index (χ1v) is 6.50. The van der Waals surface area contributed by atoms with Crippen LogP contribution in [-0.2, 0) is 0 Å². The van der Waals surface area contributed by atoms with Gasteiger partial charge in [0.25, 0.3) is 0 Å². The number of hydrogen-bond acceptors (Lipinski definition) is 3. The lowest BCUT2D eigenvalue weighted by molar-refractivity contribution is 0.122. The summed E-state index contributed by atoms with van der Waals surface area (Å²) in [5.74, 6) is 0.401. The highest BCUT2D eigenvalue weighted by molar-refractivity contribution is 5.02. The van der Waals surface area contributed by atoms with Crippen LogP contribution in [0.1, 0.15) is 51.4 Å². The fourth-order valence-electron chi connectivity index (χ4n) is 1.73. The first-order valence-electron chi connectivity index (χ1n) is 6.50. The molecule has 3 heteroatoms. The summed E-state index contributed by atoms with van der Waals surface area (Å²) in [6.45, 7) is 3.59. The molecular weight excluding hydrogens is 216 g/mol. The Bertz CT molecular complexity index is 212. The Kier molecular flexibility index (Phi) is 11.1. The van der Waals surface area contributed by atoms with Crippen LogP contribution >= 0.6 is 0 Å². The van der Waals surface area contributed by atoms with E-state index < -0.39 is 0 Å². The highest BCUT2D eigenvalue weighted by Gasteiger charge is 2.02. The van der Waals surface area contributed by atoms with Gasteiger partial charge in [-0.05, 0) is 25.3 Å². The van der Waals surface area contributed by atoms with Gasteiger partial charge in [0.2, 0.25) is 0 Å². The van der Waals surface area contributed by atoms with Crippen LogP contribution in [0.5, 0.6) is 0 Å². The Morgan fingerprint density at radius 2 is 1.71 bits per heavy atom. The van der Waals surface area contributed by atoms with Crippen LogP contribution in [0.4, 0.5) is 0 Å². The van der Waals surface area contributed by atoms with E-state index in [0.29, 0.717) is 12.2 Å². The zero-order chi connectivity index (χ0) is 12.9. The van der Waals surface area contributed by atoms with Crippen molar-refractivity contribution in [2.24, 2.45) is 0 Å². The molecule has 0 saturated heterocycles. The summed E-state index contributed by atoms with van der Waals surface area (Å²) in [7, 11) is 0. The quantitative estimate of drug-likeness (QED) is 0.296. The molecule has 0 aromatic heterocycles. The highest BCUT2D eigenvalue weighted by Crippen LogP contribution is 2.12. The molecule has 3 N–H and O–H groups in total. The molecule has 0 radical (unpaired) electrons. The molecule has 0 fully saturated rings. The van der Waals surface area contributed by atoms with Crippen LogP contribution in [0.3, 0.4) is 0 Å². The maximum Gasteiger partial charge on any atom is 0.0922 e. The second-order valence-corrected chi connectivity index (χ2v) is 4.37. The van der Waals surface area contributed by atoms with Crippen LogP contribution in [0.2, 0.25) is 0 Å². The molecule has 0 aromatic rings. The van der Waals surface area contributed by atoms with Crippen molar-refractivity contribution in [3.8, 4) is 0 Å². The van der Waals surface area contributed by atoms with Gasteiger partial charge in [-0.3, -0.25) is 0 Å². The van der Waals surface area contributed by atoms with E-state index in [4.69, 9.17) is 5.11 Å². The van der Waals surface area contributed by atoms with Gasteiger partial charge in [0.05, 0.1) is 11.9 Å². The molecule has 0 aromatic carbocycles. The predicted molar refractivity (Wildman–Crippen MR) is 70.9 cm³/mol. The van der Waals surface area contributed by atoms with Crippen LogP contribution in [0, 0.1) is 0 Å². The summed E-state index contributed by atoms with van der Waals surface area (Å²) >= 11 is 0. The average Bonchev–Trinajstić information content (AvgIpc) is 2.28. The lowest BCUT2D eigenvalue weighted by Gasteiger charge is -2.07. The minimum atomic E-state index is -0.348. The minimum absolute atomic E-state index is 0.0656. The minimum Gasteiger partial charge on any atom is -0.512 e. The van der Waals surface area contributed by atoms with Crippen molar-refractivity contribution < 1.29 is 15.3 Å². The molecule has 0 heterocycles. The van der Waals surface area contributed by atoms with Crippen molar-refractivity contribution in [3.63, 3.8) is 0 Å². The van der Waals surface area contributed by atoms with Crippen LogP contribution in [0.25, 0.3) is 0 Å². The normalized spacial score (nSPS) is 13.6. The number of hydrogen-bond donors (Lipinski definition) is 3. The van der Waals surface area contributed by atoms with Crippen molar-refractivity contribution in [3.05, 3.63) is 24.5 Å². The van der Waals surface area contributed by atoms with Crippen LogP contribution < -0.4 is 0 Å². The Balaban J connectivity index is 3.24. The largest absolute Gasteiger partial charge is 0.512 e. The summed E-state index contributed by atoms with van der Waals surface area (Å²) < 4.78 is 0. The molecule has 1 unspecified atom stereocenters. The van der Waals surface area contributed by atoms with Crippen molar-refractivity contribution in [1.82, 2.24) is 0 Å². The second kappa shape index (κ2) is 11.7. The molecule has 0 aliphatic rings. The molecule has 0 amide bonds. The van der Waals surface area contributed by atoms with Crippen molar-refractivity contribution in [1.29, 1.82) is 0 Å². The van der Waals surface area contributed by atoms with Gasteiger partial charge < -0.3 is 15.3 Å². The lowest BCUT2D eigenvalue weighted by Crippen LogP contribution is -2.08. The number of allylic oxidation sites excluding steroid dienone is 3. The summed E-state index contributed by atoms with van der Waals surface area (Å²) in [6, 6.07) is 0. The molecule has 0 aliphatic heterocycles. The third-order valence-corrected chi connectivity index (χ3v) is 2.74. The fourth-order valence-corrected chi connectivity index (χ4v) is 1.73. The van der Waals surface area contributed by atoms with Crippen LogP contribution in [0.15, 0.2) is 24.5 Å². The zero-order valence-electron chi connectivity index (χ0n) is 10.6. The van der Waals surface area contributed by atoms with E-state index in [0.717, 1.165) is 44.9 Å². The first-order chi connectivity index (χ1) is 8.20. The molecule has 1 atom stereocenters. The van der Waals surface area contributed by atoms with E-state index >= 15 is 0 Å². The molecule has 0 saturated carbocycles. The standard InChI is InChI=1S/C14H26O3/c1-2-8-13(16)9-6-4-3-5-7-10-14(17)11-12-15/h2,8,14-17H,1,3-7,9-12H2. The van der Waals surface area contributed by atoms with Crippen molar-refractivity contribution >= 4 is 0 Å². The first kappa shape index (κ1) is 16.2. The van der Waals surface area contributed by atoms with Gasteiger partial charge in [0.1, 0.15) is 0 Å². The molecule has 0 spiro atoms. The van der Waals surface area contributed by atoms with Crippen molar-refractivity contribution in [2.45, 2.75) is 57.5 Å². The molecule has 3 nitrogen and oxygen atoms in total. The number of aliphatic hydroxyl groups excluding tert-OH is 3. The van der Waals surface area contributed by atoms with E-state index in [9.17, 15) is 10.2 Å². The zero-order valence-corrected chi connectivity index (χ0v) is 10.6. The number of aliphatic hydroxyl groups is 3. The molecule has 17 heavy (non-hydrogen) atoms. The molecular formula is C14H26O3. The number of rotatable bonds is 11. The summed E-state index contributed by atoms with van der Waals surface area (Å²) in [5.41, 5.74) is 0. The second-order valence-electron chi connectivity index (χ2n) is 4.37. The molecule has 100 valence electrons. The van der Waals surface area contributed by atoms with Gasteiger partial charge >= 0.3 is 0 Å². The van der Waals surface area contributed by atoms with E-state index in [-0.39, 0.29) is 12.7 Å². The Labute approximate surface area is 104 Å². The van der Waals surface area contributed by atoms with Gasteiger partial charge in [-0.15, -0.1) is 0 Å². The van der Waals surface area contributed by atoms with Gasteiger partial charge in [0, 0.05) is 13.0 Å². The monoisotopic (exact) mass is 242 g/mol. The fraction of sp³-hybridized carbons (Fsp3) is 0.714. The maximum atomic E-state index is 9.37. The third-order valence-electron chi connectivity index (χ3n) is 2.74. The topological polar surface area (TPSA) is 60.7 Å². The molecule has 0 rings (SSSR count). The van der Waals surface area contributed by atoms with Gasteiger partial charge in [-0.2, -0.15) is 0 Å². The molecule has 0 aliphatic carbocycles. The van der Waals surface area contributed by atoms with E-state index in [1.54, 1.807) is 12.2 Å². The lowest BCUT2D eigenvalue weighted by atomic mass is 10.1. The van der Waals surface area contributed by atoms with E-state index in [1.165, 1.54) is 0 Å². The SMILES string of the molecule is C=CC=C(O)CCCCCCCC(O)CCO.